The molecule has 0 spiro atoms. The molecular formula is C13H21N3O2S. The summed E-state index contributed by atoms with van der Waals surface area (Å²) in [6.07, 6.45) is 1.19. The van der Waals surface area contributed by atoms with Gasteiger partial charge in [-0.05, 0) is 38.5 Å². The zero-order chi connectivity index (χ0) is 14.7. The lowest BCUT2D eigenvalue weighted by molar-refractivity contribution is 0.508. The fourth-order valence-corrected chi connectivity index (χ4v) is 2.07. The van der Waals surface area contributed by atoms with Gasteiger partial charge in [0.1, 0.15) is 0 Å². The van der Waals surface area contributed by atoms with Gasteiger partial charge in [-0.3, -0.25) is 0 Å². The van der Waals surface area contributed by atoms with Crippen molar-refractivity contribution in [2.45, 2.75) is 37.8 Å². The van der Waals surface area contributed by atoms with Gasteiger partial charge in [-0.2, -0.15) is 0 Å². The third-order valence-electron chi connectivity index (χ3n) is 2.29. The van der Waals surface area contributed by atoms with Crippen molar-refractivity contribution in [1.82, 2.24) is 5.32 Å². The van der Waals surface area contributed by atoms with Gasteiger partial charge in [-0.15, -0.1) is 0 Å². The molecule has 1 aromatic rings. The first-order valence-electron chi connectivity index (χ1n) is 5.95. The molecule has 6 heteroatoms. The lowest BCUT2D eigenvalue weighted by Crippen LogP contribution is -2.44. The summed E-state index contributed by atoms with van der Waals surface area (Å²) < 4.78 is 22.6. The summed E-state index contributed by atoms with van der Waals surface area (Å²) in [5.74, 6) is 0.375. The molecule has 3 N–H and O–H groups in total. The maximum atomic E-state index is 11.3. The second-order valence-electron chi connectivity index (χ2n) is 5.49. The Labute approximate surface area is 114 Å². The molecule has 0 atom stereocenters. The van der Waals surface area contributed by atoms with Crippen LogP contribution in [0.4, 0.5) is 0 Å². The van der Waals surface area contributed by atoms with E-state index in [2.05, 4.69) is 10.3 Å². The van der Waals surface area contributed by atoms with E-state index in [1.807, 2.05) is 20.8 Å². The molecule has 0 aliphatic rings. The second kappa shape index (κ2) is 5.61. The van der Waals surface area contributed by atoms with Crippen LogP contribution in [0.2, 0.25) is 0 Å². The number of aliphatic imine (C=N–C) groups is 1. The van der Waals surface area contributed by atoms with Crippen molar-refractivity contribution in [2.75, 3.05) is 6.26 Å². The van der Waals surface area contributed by atoms with Crippen molar-refractivity contribution in [3.05, 3.63) is 29.8 Å². The van der Waals surface area contributed by atoms with Crippen LogP contribution in [0.15, 0.2) is 34.2 Å². The summed E-state index contributed by atoms with van der Waals surface area (Å²) in [5.41, 5.74) is 6.53. The van der Waals surface area contributed by atoms with Crippen LogP contribution >= 0.6 is 0 Å². The Morgan fingerprint density at radius 2 is 1.79 bits per heavy atom. The predicted octanol–water partition coefficient (Wildman–Crippen LogP) is 1.29. The van der Waals surface area contributed by atoms with Gasteiger partial charge in [-0.25, -0.2) is 13.4 Å². The zero-order valence-electron chi connectivity index (χ0n) is 11.8. The molecule has 106 valence electrons. The van der Waals surface area contributed by atoms with Crippen molar-refractivity contribution >= 4 is 15.8 Å². The fourth-order valence-electron chi connectivity index (χ4n) is 1.44. The first-order chi connectivity index (χ1) is 8.58. The number of nitrogens with zero attached hydrogens (tertiary/aromatic N) is 1. The Bertz CT molecular complexity index is 555. The van der Waals surface area contributed by atoms with E-state index in [0.717, 1.165) is 5.56 Å². The molecule has 0 fully saturated rings. The number of rotatable bonds is 3. The van der Waals surface area contributed by atoms with Gasteiger partial charge >= 0.3 is 0 Å². The van der Waals surface area contributed by atoms with Crippen molar-refractivity contribution in [3.8, 4) is 0 Å². The molecular weight excluding hydrogens is 262 g/mol. The summed E-state index contributed by atoms with van der Waals surface area (Å²) in [6.45, 7) is 6.40. The van der Waals surface area contributed by atoms with Crippen molar-refractivity contribution < 1.29 is 8.42 Å². The highest BCUT2D eigenvalue weighted by atomic mass is 32.2. The van der Waals surface area contributed by atoms with Crippen LogP contribution in [-0.4, -0.2) is 26.2 Å². The highest BCUT2D eigenvalue weighted by molar-refractivity contribution is 7.90. The lowest BCUT2D eigenvalue weighted by Gasteiger charge is -2.20. The molecule has 5 nitrogen and oxygen atoms in total. The Kier molecular flexibility index (Phi) is 4.57. The van der Waals surface area contributed by atoms with Crippen LogP contribution in [-0.2, 0) is 16.4 Å². The number of nitrogens with two attached hydrogens (primary N) is 1. The highest BCUT2D eigenvalue weighted by Gasteiger charge is 2.09. The van der Waals surface area contributed by atoms with Crippen LogP contribution in [0, 0.1) is 0 Å². The van der Waals surface area contributed by atoms with Crippen molar-refractivity contribution in [2.24, 2.45) is 10.7 Å². The van der Waals surface area contributed by atoms with Gasteiger partial charge in [0.25, 0.3) is 0 Å². The average Bonchev–Trinajstić information content (AvgIpc) is 2.23. The standard InChI is InChI=1S/C13H21N3O2S/c1-13(2,3)16-12(14)15-9-10-5-7-11(8-6-10)19(4,17)18/h5-8H,9H2,1-4H3,(H3,14,15,16). The molecule has 0 amide bonds. The molecule has 0 aromatic heterocycles. The molecule has 0 aliphatic heterocycles. The normalized spacial score (nSPS) is 13.4. The largest absolute Gasteiger partial charge is 0.370 e. The van der Waals surface area contributed by atoms with Crippen LogP contribution in [0.5, 0.6) is 0 Å². The SMILES string of the molecule is CC(C)(C)NC(N)=NCc1ccc(S(C)(=O)=O)cc1. The summed E-state index contributed by atoms with van der Waals surface area (Å²) in [6, 6.07) is 6.63. The van der Waals surface area contributed by atoms with Gasteiger partial charge in [0, 0.05) is 11.8 Å². The van der Waals surface area contributed by atoms with Crippen LogP contribution < -0.4 is 11.1 Å². The molecule has 19 heavy (non-hydrogen) atoms. The minimum Gasteiger partial charge on any atom is -0.370 e. The van der Waals surface area contributed by atoms with E-state index in [1.54, 1.807) is 24.3 Å². The fraction of sp³-hybridized carbons (Fsp3) is 0.462. The van der Waals surface area contributed by atoms with Crippen LogP contribution in [0.3, 0.4) is 0 Å². The molecule has 1 aromatic carbocycles. The topological polar surface area (TPSA) is 84.5 Å². The molecule has 0 aliphatic carbocycles. The van der Waals surface area contributed by atoms with Gasteiger partial charge in [0.2, 0.25) is 0 Å². The lowest BCUT2D eigenvalue weighted by atomic mass is 10.1. The van der Waals surface area contributed by atoms with E-state index in [4.69, 9.17) is 5.73 Å². The van der Waals surface area contributed by atoms with Crippen LogP contribution in [0.25, 0.3) is 0 Å². The minimum absolute atomic E-state index is 0.131. The smallest absolute Gasteiger partial charge is 0.189 e. The maximum absolute atomic E-state index is 11.3. The van der Waals surface area contributed by atoms with Crippen molar-refractivity contribution in [1.29, 1.82) is 0 Å². The number of sulfone groups is 1. The quantitative estimate of drug-likeness (QED) is 0.646. The number of hydrogen-bond acceptors (Lipinski definition) is 3. The summed E-state index contributed by atoms with van der Waals surface area (Å²) in [5, 5.41) is 3.06. The molecule has 0 unspecified atom stereocenters. The Morgan fingerprint density at radius 3 is 2.21 bits per heavy atom. The molecule has 0 bridgehead atoms. The van der Waals surface area contributed by atoms with Gasteiger partial charge in [0.15, 0.2) is 15.8 Å². The zero-order valence-corrected chi connectivity index (χ0v) is 12.6. The number of benzene rings is 1. The third-order valence-corrected chi connectivity index (χ3v) is 3.42. The van der Waals surface area contributed by atoms with Gasteiger partial charge in [-0.1, -0.05) is 12.1 Å². The molecule has 0 heterocycles. The van der Waals surface area contributed by atoms with E-state index in [1.165, 1.54) is 6.26 Å². The van der Waals surface area contributed by atoms with E-state index in [-0.39, 0.29) is 5.54 Å². The van der Waals surface area contributed by atoms with E-state index in [9.17, 15) is 8.42 Å². The third kappa shape index (κ3) is 5.74. The Hall–Kier alpha value is -1.56. The summed E-state index contributed by atoms with van der Waals surface area (Å²) in [4.78, 5) is 4.51. The van der Waals surface area contributed by atoms with E-state index >= 15 is 0 Å². The first kappa shape index (κ1) is 15.5. The summed E-state index contributed by atoms with van der Waals surface area (Å²) >= 11 is 0. The Balaban J connectivity index is 2.72. The van der Waals surface area contributed by atoms with Gasteiger partial charge in [0.05, 0.1) is 11.4 Å². The predicted molar refractivity (Wildman–Crippen MR) is 77.8 cm³/mol. The average molecular weight is 283 g/mol. The summed E-state index contributed by atoms with van der Waals surface area (Å²) in [7, 11) is -3.15. The molecule has 1 rings (SSSR count). The molecule has 0 saturated carbocycles. The number of guanidine groups is 1. The maximum Gasteiger partial charge on any atom is 0.189 e. The highest BCUT2D eigenvalue weighted by Crippen LogP contribution is 2.11. The first-order valence-corrected chi connectivity index (χ1v) is 7.84. The number of nitrogens with one attached hydrogen (secondary N) is 1. The van der Waals surface area contributed by atoms with Gasteiger partial charge < -0.3 is 11.1 Å². The number of hydrogen-bond donors (Lipinski definition) is 2. The second-order valence-corrected chi connectivity index (χ2v) is 7.51. The monoisotopic (exact) mass is 283 g/mol. The van der Waals surface area contributed by atoms with E-state index < -0.39 is 9.84 Å². The Morgan fingerprint density at radius 1 is 1.26 bits per heavy atom. The molecule has 0 radical (unpaired) electrons. The molecule has 0 saturated heterocycles. The van der Waals surface area contributed by atoms with Crippen molar-refractivity contribution in [3.63, 3.8) is 0 Å². The van der Waals surface area contributed by atoms with E-state index in [0.29, 0.717) is 17.4 Å². The van der Waals surface area contributed by atoms with Crippen LogP contribution in [0.1, 0.15) is 26.3 Å². The minimum atomic E-state index is -3.15.